The van der Waals surface area contributed by atoms with Gasteiger partial charge in [0.15, 0.2) is 0 Å². The molecule has 0 saturated heterocycles. The van der Waals surface area contributed by atoms with Crippen molar-refractivity contribution in [2.24, 2.45) is 5.41 Å². The molecule has 0 bridgehead atoms. The minimum absolute atomic E-state index is 0.0438. The minimum Gasteiger partial charge on any atom is -0.351 e. The molecule has 0 aliphatic rings. The number of halogens is 3. The molecule has 1 aromatic carbocycles. The van der Waals surface area contributed by atoms with Crippen LogP contribution < -0.4 is 5.32 Å². The fourth-order valence-electron chi connectivity index (χ4n) is 1.68. The topological polar surface area (TPSA) is 29.1 Å². The van der Waals surface area contributed by atoms with Gasteiger partial charge in [-0.3, -0.25) is 4.79 Å². The largest absolute Gasteiger partial charge is 0.351 e. The van der Waals surface area contributed by atoms with Crippen LogP contribution >= 0.6 is 27.5 Å². The van der Waals surface area contributed by atoms with Gasteiger partial charge in [0.2, 0.25) is 0 Å². The lowest BCUT2D eigenvalue weighted by Gasteiger charge is -2.22. The summed E-state index contributed by atoms with van der Waals surface area (Å²) in [5.41, 5.74) is 0.555. The fourth-order valence-corrected chi connectivity index (χ4v) is 2.99. The Morgan fingerprint density at radius 1 is 1.47 bits per heavy atom. The number of nitrogens with one attached hydrogen (secondary N) is 1. The highest BCUT2D eigenvalue weighted by atomic mass is 79.9. The molecule has 0 aromatic heterocycles. The molecule has 0 radical (unpaired) electrons. The summed E-state index contributed by atoms with van der Waals surface area (Å²) in [6.45, 7) is 6.94. The molecule has 1 rings (SSSR count). The highest BCUT2D eigenvalue weighted by molar-refractivity contribution is 9.09. The minimum atomic E-state index is -0.524. The van der Waals surface area contributed by atoms with E-state index in [1.165, 1.54) is 18.2 Å². The standard InChI is InChI=1S/C14H18BrClFNO/c1-14(2,3)7-10(15)8-18-13(19)9-4-5-12(17)11(16)6-9/h4-6,10H,7-8H2,1-3H3,(H,18,19). The van der Waals surface area contributed by atoms with Crippen molar-refractivity contribution in [2.45, 2.75) is 32.0 Å². The van der Waals surface area contributed by atoms with Crippen LogP contribution in [0.1, 0.15) is 37.6 Å². The van der Waals surface area contributed by atoms with Crippen LogP contribution in [-0.4, -0.2) is 17.3 Å². The van der Waals surface area contributed by atoms with Crippen LogP contribution in [0.25, 0.3) is 0 Å². The summed E-state index contributed by atoms with van der Waals surface area (Å²) in [6.07, 6.45) is 0.942. The number of hydrogen-bond acceptors (Lipinski definition) is 1. The van der Waals surface area contributed by atoms with Crippen LogP contribution in [0.5, 0.6) is 0 Å². The number of benzene rings is 1. The summed E-state index contributed by atoms with van der Waals surface area (Å²) >= 11 is 9.18. The van der Waals surface area contributed by atoms with Gasteiger partial charge in [-0.05, 0) is 30.0 Å². The Morgan fingerprint density at radius 2 is 2.11 bits per heavy atom. The first-order chi connectivity index (χ1) is 8.69. The molecule has 1 N–H and O–H groups in total. The molecule has 0 heterocycles. The van der Waals surface area contributed by atoms with E-state index >= 15 is 0 Å². The predicted molar refractivity (Wildman–Crippen MR) is 80.5 cm³/mol. The smallest absolute Gasteiger partial charge is 0.251 e. The second kappa shape index (κ2) is 6.71. The molecule has 19 heavy (non-hydrogen) atoms. The molecule has 0 aliphatic carbocycles. The lowest BCUT2D eigenvalue weighted by atomic mass is 9.90. The molecule has 0 spiro atoms. The maximum atomic E-state index is 13.0. The number of carbonyl (C=O) groups is 1. The number of rotatable bonds is 4. The van der Waals surface area contributed by atoms with Crippen LogP contribution in [0, 0.1) is 11.2 Å². The van der Waals surface area contributed by atoms with Crippen molar-refractivity contribution in [1.82, 2.24) is 5.32 Å². The summed E-state index contributed by atoms with van der Waals surface area (Å²) in [4.78, 5) is 12.1. The van der Waals surface area contributed by atoms with Gasteiger partial charge in [-0.2, -0.15) is 0 Å². The van der Waals surface area contributed by atoms with Gasteiger partial charge in [0.05, 0.1) is 5.02 Å². The zero-order chi connectivity index (χ0) is 14.6. The fraction of sp³-hybridized carbons (Fsp3) is 0.500. The monoisotopic (exact) mass is 349 g/mol. The Kier molecular flexibility index (Phi) is 5.81. The molecule has 2 nitrogen and oxygen atoms in total. The van der Waals surface area contributed by atoms with Crippen molar-refractivity contribution in [3.8, 4) is 0 Å². The van der Waals surface area contributed by atoms with Crippen molar-refractivity contribution in [2.75, 3.05) is 6.54 Å². The van der Waals surface area contributed by atoms with Crippen LogP contribution in [0.3, 0.4) is 0 Å². The normalized spacial score (nSPS) is 13.2. The van der Waals surface area contributed by atoms with E-state index < -0.39 is 5.82 Å². The van der Waals surface area contributed by atoms with Gasteiger partial charge >= 0.3 is 0 Å². The van der Waals surface area contributed by atoms with E-state index in [9.17, 15) is 9.18 Å². The molecule has 1 unspecified atom stereocenters. The zero-order valence-corrected chi connectivity index (χ0v) is 13.6. The average molecular weight is 351 g/mol. The molecule has 1 aromatic rings. The third-order valence-corrected chi connectivity index (χ3v) is 3.44. The number of alkyl halides is 1. The summed E-state index contributed by atoms with van der Waals surface area (Å²) < 4.78 is 13.0. The van der Waals surface area contributed by atoms with Gasteiger partial charge in [0.1, 0.15) is 5.82 Å². The molecule has 0 fully saturated rings. The first-order valence-electron chi connectivity index (χ1n) is 6.06. The van der Waals surface area contributed by atoms with E-state index in [4.69, 9.17) is 11.6 Å². The van der Waals surface area contributed by atoms with Crippen molar-refractivity contribution in [1.29, 1.82) is 0 Å². The third-order valence-electron chi connectivity index (χ3n) is 2.50. The van der Waals surface area contributed by atoms with Crippen molar-refractivity contribution < 1.29 is 9.18 Å². The van der Waals surface area contributed by atoms with E-state index in [1.807, 2.05) is 0 Å². The lowest BCUT2D eigenvalue weighted by molar-refractivity contribution is 0.0952. The molecule has 1 atom stereocenters. The van der Waals surface area contributed by atoms with Gasteiger partial charge in [0, 0.05) is 16.9 Å². The Labute approximate surface area is 126 Å². The number of hydrogen-bond donors (Lipinski definition) is 1. The van der Waals surface area contributed by atoms with Gasteiger partial charge in [-0.15, -0.1) is 0 Å². The Hall–Kier alpha value is -0.610. The van der Waals surface area contributed by atoms with Gasteiger partial charge < -0.3 is 5.32 Å². The van der Waals surface area contributed by atoms with E-state index in [1.54, 1.807) is 0 Å². The van der Waals surface area contributed by atoms with Crippen LogP contribution in [0.2, 0.25) is 5.02 Å². The van der Waals surface area contributed by atoms with E-state index in [-0.39, 0.29) is 21.2 Å². The molecular formula is C14H18BrClFNO. The molecule has 0 saturated carbocycles. The summed E-state index contributed by atoms with van der Waals surface area (Å²) in [6, 6.07) is 3.95. The van der Waals surface area contributed by atoms with Crippen LogP contribution in [0.15, 0.2) is 18.2 Å². The molecule has 0 aliphatic heterocycles. The van der Waals surface area contributed by atoms with E-state index in [0.717, 1.165) is 6.42 Å². The maximum absolute atomic E-state index is 13.0. The van der Waals surface area contributed by atoms with Crippen molar-refractivity contribution in [3.05, 3.63) is 34.6 Å². The molecular weight excluding hydrogens is 333 g/mol. The Morgan fingerprint density at radius 3 is 2.63 bits per heavy atom. The lowest BCUT2D eigenvalue weighted by Crippen LogP contribution is -2.31. The highest BCUT2D eigenvalue weighted by Crippen LogP contribution is 2.24. The Balaban J connectivity index is 2.53. The molecule has 5 heteroatoms. The third kappa shape index (κ3) is 5.91. The maximum Gasteiger partial charge on any atom is 0.251 e. The van der Waals surface area contributed by atoms with Crippen molar-refractivity contribution in [3.63, 3.8) is 0 Å². The Bertz CT molecular complexity index is 459. The van der Waals surface area contributed by atoms with E-state index in [2.05, 4.69) is 42.0 Å². The van der Waals surface area contributed by atoms with Gasteiger partial charge in [-0.25, -0.2) is 4.39 Å². The summed E-state index contributed by atoms with van der Waals surface area (Å²) in [7, 11) is 0. The average Bonchev–Trinajstić information content (AvgIpc) is 2.27. The highest BCUT2D eigenvalue weighted by Gasteiger charge is 2.17. The predicted octanol–water partition coefficient (Wildman–Crippen LogP) is 4.41. The summed E-state index contributed by atoms with van der Waals surface area (Å²) in [5.74, 6) is -0.774. The molecule has 106 valence electrons. The second-order valence-corrected chi connectivity index (χ2v) is 7.40. The second-order valence-electron chi connectivity index (χ2n) is 5.70. The zero-order valence-electron chi connectivity index (χ0n) is 11.3. The molecule has 1 amide bonds. The quantitative estimate of drug-likeness (QED) is 0.801. The SMILES string of the molecule is CC(C)(C)CC(Br)CNC(=O)c1ccc(F)c(Cl)c1. The van der Waals surface area contributed by atoms with Crippen molar-refractivity contribution >= 4 is 33.4 Å². The number of carbonyl (C=O) groups excluding carboxylic acids is 1. The first kappa shape index (κ1) is 16.4. The number of amides is 1. The van der Waals surface area contributed by atoms with Gasteiger partial charge in [0.25, 0.3) is 5.91 Å². The van der Waals surface area contributed by atoms with E-state index in [0.29, 0.717) is 12.1 Å². The first-order valence-corrected chi connectivity index (χ1v) is 7.36. The van der Waals surface area contributed by atoms with Gasteiger partial charge in [-0.1, -0.05) is 48.3 Å². The summed E-state index contributed by atoms with van der Waals surface area (Å²) in [5, 5.41) is 2.76. The van der Waals surface area contributed by atoms with Crippen LogP contribution in [-0.2, 0) is 0 Å². The van der Waals surface area contributed by atoms with Crippen LogP contribution in [0.4, 0.5) is 4.39 Å².